The highest BCUT2D eigenvalue weighted by Gasteiger charge is 2.26. The van der Waals surface area contributed by atoms with Crippen molar-refractivity contribution in [2.24, 2.45) is 0 Å². The molecule has 0 amide bonds. The summed E-state index contributed by atoms with van der Waals surface area (Å²) in [5.74, 6) is 8.16. The van der Waals surface area contributed by atoms with Gasteiger partial charge in [-0.3, -0.25) is 0 Å². The van der Waals surface area contributed by atoms with E-state index in [1.807, 2.05) is 0 Å². The molecular weight excluding hydrogens is 260 g/mol. The second kappa shape index (κ2) is 5.10. The van der Waals surface area contributed by atoms with Crippen LogP contribution in [-0.2, 0) is 0 Å². The van der Waals surface area contributed by atoms with Gasteiger partial charge in [0.1, 0.15) is 11.5 Å². The Balaban J connectivity index is 2.13. The maximum absolute atomic E-state index is 6.25. The van der Waals surface area contributed by atoms with Crippen LogP contribution < -0.4 is 11.6 Å². The molecule has 4 nitrogen and oxygen atoms in total. The quantitative estimate of drug-likeness (QED) is 0.830. The summed E-state index contributed by atoms with van der Waals surface area (Å²) in [6.07, 6.45) is 4.85. The molecule has 1 fully saturated rings. The number of hydrogen-bond donors (Lipinski definition) is 2. The van der Waals surface area contributed by atoms with Crippen molar-refractivity contribution in [2.75, 3.05) is 11.6 Å². The molecule has 1 aliphatic rings. The fourth-order valence-electron chi connectivity index (χ4n) is 3.67. The minimum absolute atomic E-state index is 0.456. The second-order valence-electron chi connectivity index (χ2n) is 6.33. The molecule has 1 aromatic carbocycles. The predicted octanol–water partition coefficient (Wildman–Crippen LogP) is 3.43. The average Bonchev–Trinajstić information content (AvgIpc) is 3.01. The molecule has 0 radical (unpaired) electrons. The first-order chi connectivity index (χ1) is 9.99. The second-order valence-corrected chi connectivity index (χ2v) is 6.33. The first-order valence-electron chi connectivity index (χ1n) is 7.70. The third kappa shape index (κ3) is 2.28. The lowest BCUT2D eigenvalue weighted by Crippen LogP contribution is -2.17. The van der Waals surface area contributed by atoms with Gasteiger partial charge in [0.05, 0.1) is 0 Å². The van der Waals surface area contributed by atoms with Crippen molar-refractivity contribution in [3.8, 4) is 11.3 Å². The lowest BCUT2D eigenvalue weighted by atomic mass is 9.97. The van der Waals surface area contributed by atoms with Gasteiger partial charge in [-0.25, -0.2) is 9.66 Å². The van der Waals surface area contributed by atoms with Crippen molar-refractivity contribution in [1.82, 2.24) is 9.66 Å². The molecule has 0 unspecified atom stereocenters. The van der Waals surface area contributed by atoms with E-state index in [2.05, 4.69) is 32.9 Å². The lowest BCUT2D eigenvalue weighted by Gasteiger charge is -2.10. The molecule has 0 atom stereocenters. The van der Waals surface area contributed by atoms with Gasteiger partial charge in [-0.2, -0.15) is 0 Å². The monoisotopic (exact) mass is 284 g/mol. The Morgan fingerprint density at radius 2 is 1.67 bits per heavy atom. The van der Waals surface area contributed by atoms with Gasteiger partial charge >= 0.3 is 0 Å². The minimum atomic E-state index is 0.456. The van der Waals surface area contributed by atoms with Crippen LogP contribution in [0.25, 0.3) is 11.3 Å². The van der Waals surface area contributed by atoms with Crippen molar-refractivity contribution in [3.63, 3.8) is 0 Å². The number of imidazole rings is 1. The molecule has 4 heteroatoms. The zero-order chi connectivity index (χ0) is 15.1. The fraction of sp³-hybridized carbons (Fsp3) is 0.471. The number of nitrogens with two attached hydrogens (primary N) is 2. The largest absolute Gasteiger partial charge is 0.382 e. The molecule has 0 bridgehead atoms. The SMILES string of the molecule is Cc1cc(C)c(-c2nc(C3CCCC3)n(N)c2N)c(C)c1. The molecule has 4 N–H and O–H groups in total. The van der Waals surface area contributed by atoms with Crippen LogP contribution in [0, 0.1) is 20.8 Å². The number of aryl methyl sites for hydroxylation is 3. The Bertz CT molecular complexity index is 655. The van der Waals surface area contributed by atoms with Crippen molar-refractivity contribution in [3.05, 3.63) is 34.6 Å². The van der Waals surface area contributed by atoms with Crippen LogP contribution in [0.2, 0.25) is 0 Å². The number of hydrogen-bond acceptors (Lipinski definition) is 3. The molecule has 112 valence electrons. The average molecular weight is 284 g/mol. The standard InChI is InChI=1S/C17H24N4/c1-10-8-11(2)14(12(3)9-10)15-16(18)21(19)17(20-15)13-6-4-5-7-13/h8-9,13H,4-7,18-19H2,1-3H3. The van der Waals surface area contributed by atoms with Gasteiger partial charge in [-0.05, 0) is 44.7 Å². The number of aromatic nitrogens is 2. The summed E-state index contributed by atoms with van der Waals surface area (Å²) in [5.41, 5.74) is 11.9. The summed E-state index contributed by atoms with van der Waals surface area (Å²) in [4.78, 5) is 4.83. The van der Waals surface area contributed by atoms with E-state index in [-0.39, 0.29) is 0 Å². The smallest absolute Gasteiger partial charge is 0.150 e. The van der Waals surface area contributed by atoms with E-state index in [1.54, 1.807) is 4.68 Å². The maximum atomic E-state index is 6.25. The third-order valence-electron chi connectivity index (χ3n) is 4.61. The number of anilines is 1. The van der Waals surface area contributed by atoms with Gasteiger partial charge in [0.15, 0.2) is 5.82 Å². The summed E-state index contributed by atoms with van der Waals surface area (Å²) >= 11 is 0. The Hall–Kier alpha value is -1.97. The van der Waals surface area contributed by atoms with Crippen molar-refractivity contribution in [1.29, 1.82) is 0 Å². The molecule has 0 spiro atoms. The first-order valence-corrected chi connectivity index (χ1v) is 7.70. The minimum Gasteiger partial charge on any atom is -0.382 e. The molecule has 0 saturated heterocycles. The summed E-state index contributed by atoms with van der Waals surface area (Å²) in [6.45, 7) is 6.33. The van der Waals surface area contributed by atoms with Gasteiger partial charge in [0.2, 0.25) is 0 Å². The van der Waals surface area contributed by atoms with Crippen molar-refractivity contribution in [2.45, 2.75) is 52.4 Å². The Morgan fingerprint density at radius 3 is 2.24 bits per heavy atom. The molecular formula is C17H24N4. The normalized spacial score (nSPS) is 15.8. The Labute approximate surface area is 126 Å². The maximum Gasteiger partial charge on any atom is 0.150 e. The van der Waals surface area contributed by atoms with E-state index in [0.29, 0.717) is 11.7 Å². The van der Waals surface area contributed by atoms with Gasteiger partial charge in [0.25, 0.3) is 0 Å². The van der Waals surface area contributed by atoms with E-state index in [4.69, 9.17) is 16.6 Å². The van der Waals surface area contributed by atoms with Crippen LogP contribution >= 0.6 is 0 Å². The number of nitrogen functional groups attached to an aromatic ring is 2. The molecule has 1 heterocycles. The molecule has 3 rings (SSSR count). The van der Waals surface area contributed by atoms with E-state index < -0.39 is 0 Å². The number of nitrogens with zero attached hydrogens (tertiary/aromatic N) is 2. The van der Waals surface area contributed by atoms with Crippen LogP contribution in [0.4, 0.5) is 5.82 Å². The van der Waals surface area contributed by atoms with Crippen LogP contribution in [0.15, 0.2) is 12.1 Å². The molecule has 0 aliphatic heterocycles. The fourth-order valence-corrected chi connectivity index (χ4v) is 3.67. The molecule has 1 aliphatic carbocycles. The van der Waals surface area contributed by atoms with Crippen LogP contribution in [0.3, 0.4) is 0 Å². The molecule has 1 aromatic heterocycles. The van der Waals surface area contributed by atoms with Gasteiger partial charge < -0.3 is 11.6 Å². The molecule has 21 heavy (non-hydrogen) atoms. The summed E-state index contributed by atoms with van der Waals surface area (Å²) in [6, 6.07) is 4.35. The third-order valence-corrected chi connectivity index (χ3v) is 4.61. The molecule has 1 saturated carbocycles. The van der Waals surface area contributed by atoms with Crippen LogP contribution in [-0.4, -0.2) is 9.66 Å². The topological polar surface area (TPSA) is 69.9 Å². The van der Waals surface area contributed by atoms with Crippen molar-refractivity contribution < 1.29 is 0 Å². The van der Waals surface area contributed by atoms with E-state index in [1.165, 1.54) is 42.4 Å². The first kappa shape index (κ1) is 14.0. The van der Waals surface area contributed by atoms with Gasteiger partial charge in [-0.1, -0.05) is 30.5 Å². The summed E-state index contributed by atoms with van der Waals surface area (Å²) in [7, 11) is 0. The lowest BCUT2D eigenvalue weighted by molar-refractivity contribution is 0.648. The highest BCUT2D eigenvalue weighted by atomic mass is 15.4. The summed E-state index contributed by atoms with van der Waals surface area (Å²) in [5, 5.41) is 0. The van der Waals surface area contributed by atoms with E-state index in [9.17, 15) is 0 Å². The van der Waals surface area contributed by atoms with Gasteiger partial charge in [-0.15, -0.1) is 0 Å². The highest BCUT2D eigenvalue weighted by molar-refractivity contribution is 5.76. The number of rotatable bonds is 2. The predicted molar refractivity (Wildman–Crippen MR) is 87.6 cm³/mol. The zero-order valence-corrected chi connectivity index (χ0v) is 13.1. The highest BCUT2D eigenvalue weighted by Crippen LogP contribution is 2.38. The van der Waals surface area contributed by atoms with Crippen molar-refractivity contribution >= 4 is 5.82 Å². The zero-order valence-electron chi connectivity index (χ0n) is 13.1. The van der Waals surface area contributed by atoms with Crippen LogP contribution in [0.5, 0.6) is 0 Å². The van der Waals surface area contributed by atoms with E-state index in [0.717, 1.165) is 17.1 Å². The molecule has 2 aromatic rings. The Kier molecular flexibility index (Phi) is 3.40. The number of benzene rings is 1. The van der Waals surface area contributed by atoms with Gasteiger partial charge in [0, 0.05) is 11.5 Å². The summed E-state index contributed by atoms with van der Waals surface area (Å²) < 4.78 is 1.60. The Morgan fingerprint density at radius 1 is 1.10 bits per heavy atom. The van der Waals surface area contributed by atoms with Crippen LogP contribution in [0.1, 0.15) is 54.1 Å². The van der Waals surface area contributed by atoms with E-state index >= 15 is 0 Å².